The zero-order chi connectivity index (χ0) is 29.4. The van der Waals surface area contributed by atoms with E-state index in [1.165, 1.54) is 18.7 Å². The zero-order valence-corrected chi connectivity index (χ0v) is 24.4. The van der Waals surface area contributed by atoms with Crippen molar-refractivity contribution in [1.29, 1.82) is 0 Å². The first-order chi connectivity index (χ1) is 20.3. The molecule has 0 spiro atoms. The molecule has 0 unspecified atom stereocenters. The number of para-hydroxylation sites is 1. The Morgan fingerprint density at radius 3 is 2.50 bits per heavy atom. The van der Waals surface area contributed by atoms with E-state index in [9.17, 15) is 9.90 Å². The number of amides is 1. The van der Waals surface area contributed by atoms with E-state index >= 15 is 4.39 Å². The van der Waals surface area contributed by atoms with Crippen LogP contribution in [0.3, 0.4) is 0 Å². The number of ether oxygens (including phenoxy) is 1. The minimum Gasteiger partial charge on any atom is -0.496 e. The number of pyridine rings is 1. The Morgan fingerprint density at radius 1 is 1.02 bits per heavy atom. The first kappa shape index (κ1) is 28.3. The van der Waals surface area contributed by atoms with E-state index < -0.39 is 11.7 Å². The number of halogens is 1. The topological polar surface area (TPSA) is 92.5 Å². The van der Waals surface area contributed by atoms with Crippen LogP contribution in [-0.4, -0.2) is 63.8 Å². The molecule has 220 valence electrons. The van der Waals surface area contributed by atoms with Gasteiger partial charge in [0.15, 0.2) is 5.82 Å². The number of imidazole rings is 1. The highest BCUT2D eigenvalue weighted by Crippen LogP contribution is 2.37. The van der Waals surface area contributed by atoms with Gasteiger partial charge in [-0.25, -0.2) is 14.4 Å². The molecule has 0 bridgehead atoms. The molecule has 1 aliphatic heterocycles. The van der Waals surface area contributed by atoms with Crippen molar-refractivity contribution >= 4 is 22.9 Å². The number of aromatic nitrogens is 3. The van der Waals surface area contributed by atoms with Crippen LogP contribution >= 0.6 is 0 Å². The van der Waals surface area contributed by atoms with E-state index in [0.717, 1.165) is 49.8 Å². The van der Waals surface area contributed by atoms with Crippen molar-refractivity contribution < 1.29 is 19.0 Å². The van der Waals surface area contributed by atoms with Crippen LogP contribution in [0.5, 0.6) is 5.75 Å². The van der Waals surface area contributed by atoms with Crippen molar-refractivity contribution in [3.8, 4) is 17.0 Å². The summed E-state index contributed by atoms with van der Waals surface area (Å²) in [6.07, 6.45) is 4.80. The molecule has 1 amide bonds. The second-order valence-corrected chi connectivity index (χ2v) is 11.7. The van der Waals surface area contributed by atoms with Gasteiger partial charge in [0.2, 0.25) is 5.95 Å². The number of hydrogen-bond acceptors (Lipinski definition) is 6. The van der Waals surface area contributed by atoms with Gasteiger partial charge in [-0.05, 0) is 107 Å². The smallest absolute Gasteiger partial charge is 0.261 e. The molecule has 0 atom stereocenters. The first-order valence-corrected chi connectivity index (χ1v) is 14.8. The standard InChI is InChI=1S/C33H38FN5O3/c1-20-18-26(30(34)31(35-20)25-6-4-5-7-29(25)42-3)32(41)37-33-36-27-19-22(21-14-16-38(2)17-15-21)8-13-28(27)39(33)23-9-11-24(40)12-10-23/h4-8,13,18-19,21,23-24,40H,9-12,14-17H2,1-3H3,(H,36,37,41). The molecule has 9 heteroatoms. The number of benzene rings is 2. The normalized spacial score (nSPS) is 20.1. The second kappa shape index (κ2) is 11.8. The maximum atomic E-state index is 16.0. The fourth-order valence-corrected chi connectivity index (χ4v) is 6.50. The summed E-state index contributed by atoms with van der Waals surface area (Å²) in [5.41, 5.74) is 3.96. The van der Waals surface area contributed by atoms with Crippen molar-refractivity contribution in [2.45, 2.75) is 63.5 Å². The van der Waals surface area contributed by atoms with Gasteiger partial charge in [0.25, 0.3) is 5.91 Å². The number of aliphatic hydroxyl groups is 1. The minimum atomic E-state index is -0.712. The lowest BCUT2D eigenvalue weighted by Gasteiger charge is -2.29. The van der Waals surface area contributed by atoms with Crippen LogP contribution in [0.2, 0.25) is 0 Å². The highest BCUT2D eigenvalue weighted by atomic mass is 19.1. The molecule has 8 nitrogen and oxygen atoms in total. The molecule has 2 fully saturated rings. The number of methoxy groups -OCH3 is 1. The molecule has 2 N–H and O–H groups in total. The molecule has 2 aromatic heterocycles. The summed E-state index contributed by atoms with van der Waals surface area (Å²) in [5, 5.41) is 13.1. The van der Waals surface area contributed by atoms with E-state index in [1.54, 1.807) is 31.2 Å². The van der Waals surface area contributed by atoms with Gasteiger partial charge < -0.3 is 19.3 Å². The predicted molar refractivity (Wildman–Crippen MR) is 162 cm³/mol. The Kier molecular flexibility index (Phi) is 7.96. The van der Waals surface area contributed by atoms with Gasteiger partial charge in [0.05, 0.1) is 29.8 Å². The number of fused-ring (bicyclic) bond motifs is 1. The molecule has 1 aliphatic carbocycles. The van der Waals surface area contributed by atoms with Crippen molar-refractivity contribution in [3.05, 3.63) is 71.2 Å². The lowest BCUT2D eigenvalue weighted by molar-refractivity contribution is 0.101. The van der Waals surface area contributed by atoms with E-state index in [0.29, 0.717) is 41.7 Å². The maximum Gasteiger partial charge on any atom is 0.261 e. The number of aryl methyl sites for hydroxylation is 1. The molecule has 3 heterocycles. The van der Waals surface area contributed by atoms with Crippen molar-refractivity contribution in [2.75, 3.05) is 32.6 Å². The van der Waals surface area contributed by atoms with Crippen molar-refractivity contribution in [2.24, 2.45) is 0 Å². The van der Waals surface area contributed by atoms with Gasteiger partial charge in [0, 0.05) is 17.3 Å². The van der Waals surface area contributed by atoms with Crippen LogP contribution in [-0.2, 0) is 0 Å². The number of carbonyl (C=O) groups excluding carboxylic acids is 1. The number of piperidine rings is 1. The van der Waals surface area contributed by atoms with Crippen LogP contribution in [0.1, 0.15) is 72.1 Å². The number of anilines is 1. The van der Waals surface area contributed by atoms with Crippen LogP contribution in [0.4, 0.5) is 10.3 Å². The monoisotopic (exact) mass is 571 g/mol. The summed E-state index contributed by atoms with van der Waals surface area (Å²) in [6, 6.07) is 15.0. The molecular weight excluding hydrogens is 533 g/mol. The van der Waals surface area contributed by atoms with Gasteiger partial charge in [0.1, 0.15) is 11.4 Å². The van der Waals surface area contributed by atoms with Gasteiger partial charge in [-0.15, -0.1) is 0 Å². The Labute approximate surface area is 245 Å². The number of nitrogens with zero attached hydrogens (tertiary/aromatic N) is 4. The molecular formula is C33H38FN5O3. The number of likely N-dealkylation sites (tertiary alicyclic amines) is 1. The Balaban J connectivity index is 1.38. The molecule has 0 radical (unpaired) electrons. The van der Waals surface area contributed by atoms with Gasteiger partial charge in [-0.2, -0.15) is 0 Å². The summed E-state index contributed by atoms with van der Waals surface area (Å²) < 4.78 is 23.5. The second-order valence-electron chi connectivity index (χ2n) is 11.7. The molecule has 1 saturated heterocycles. The minimum absolute atomic E-state index is 0.0649. The Bertz CT molecular complexity index is 1600. The lowest BCUT2D eigenvalue weighted by Crippen LogP contribution is -2.29. The number of hydrogen-bond donors (Lipinski definition) is 2. The van der Waals surface area contributed by atoms with E-state index in [1.807, 2.05) is 0 Å². The molecule has 4 aromatic rings. The average molecular weight is 572 g/mol. The molecule has 42 heavy (non-hydrogen) atoms. The summed E-state index contributed by atoms with van der Waals surface area (Å²) in [5.74, 6) is 0.0424. The third kappa shape index (κ3) is 5.51. The van der Waals surface area contributed by atoms with E-state index in [2.05, 4.69) is 45.0 Å². The zero-order valence-electron chi connectivity index (χ0n) is 24.4. The highest BCUT2D eigenvalue weighted by Gasteiger charge is 2.28. The number of carbonyl (C=O) groups is 1. The SMILES string of the molecule is COc1ccccc1-c1nc(C)cc(C(=O)Nc2nc3cc(C4CCN(C)CC4)ccc3n2C2CCC(O)CC2)c1F. The molecule has 1 saturated carbocycles. The summed E-state index contributed by atoms with van der Waals surface area (Å²) in [4.78, 5) is 25.4. The average Bonchev–Trinajstić information content (AvgIpc) is 3.35. The fraction of sp³-hybridized carbons (Fsp3) is 0.424. The summed E-state index contributed by atoms with van der Waals surface area (Å²) >= 11 is 0. The first-order valence-electron chi connectivity index (χ1n) is 14.8. The van der Waals surface area contributed by atoms with Crippen LogP contribution in [0.15, 0.2) is 48.5 Å². The van der Waals surface area contributed by atoms with Crippen molar-refractivity contribution in [3.63, 3.8) is 0 Å². The molecule has 6 rings (SSSR count). The van der Waals surface area contributed by atoms with Gasteiger partial charge >= 0.3 is 0 Å². The van der Waals surface area contributed by atoms with Gasteiger partial charge in [-0.1, -0.05) is 18.2 Å². The van der Waals surface area contributed by atoms with Gasteiger partial charge in [-0.3, -0.25) is 10.1 Å². The third-order valence-electron chi connectivity index (χ3n) is 8.85. The number of aliphatic hydroxyl groups excluding tert-OH is 1. The molecule has 2 aromatic carbocycles. The third-order valence-corrected chi connectivity index (χ3v) is 8.85. The lowest BCUT2D eigenvalue weighted by atomic mass is 9.89. The number of rotatable bonds is 6. The largest absolute Gasteiger partial charge is 0.496 e. The van der Waals surface area contributed by atoms with Crippen LogP contribution in [0.25, 0.3) is 22.3 Å². The van der Waals surface area contributed by atoms with Crippen LogP contribution in [0, 0.1) is 12.7 Å². The summed E-state index contributed by atoms with van der Waals surface area (Å²) in [6.45, 7) is 3.87. The van der Waals surface area contributed by atoms with E-state index in [4.69, 9.17) is 9.72 Å². The van der Waals surface area contributed by atoms with E-state index in [-0.39, 0.29) is 23.4 Å². The number of nitrogens with one attached hydrogen (secondary N) is 1. The van der Waals surface area contributed by atoms with Crippen LogP contribution < -0.4 is 10.1 Å². The predicted octanol–water partition coefficient (Wildman–Crippen LogP) is 6.09. The Hall–Kier alpha value is -3.82. The van der Waals surface area contributed by atoms with Crippen molar-refractivity contribution in [1.82, 2.24) is 19.4 Å². The molecule has 2 aliphatic rings. The quantitative estimate of drug-likeness (QED) is 0.291. The fourth-order valence-electron chi connectivity index (χ4n) is 6.50. The highest BCUT2D eigenvalue weighted by molar-refractivity contribution is 6.05. The maximum absolute atomic E-state index is 16.0. The Morgan fingerprint density at radius 2 is 1.76 bits per heavy atom. The summed E-state index contributed by atoms with van der Waals surface area (Å²) in [7, 11) is 3.68.